The summed E-state index contributed by atoms with van der Waals surface area (Å²) in [6.07, 6.45) is 1.65. The van der Waals surface area contributed by atoms with E-state index in [0.717, 1.165) is 22.2 Å². The van der Waals surface area contributed by atoms with Crippen LogP contribution in [0, 0.1) is 5.82 Å². The van der Waals surface area contributed by atoms with Crippen molar-refractivity contribution >= 4 is 11.0 Å². The van der Waals surface area contributed by atoms with Gasteiger partial charge in [0, 0.05) is 0 Å². The number of rotatable bonds is 1. The predicted octanol–water partition coefficient (Wildman–Crippen LogP) is 3.37. The van der Waals surface area contributed by atoms with Gasteiger partial charge in [-0.05, 0) is 35.4 Å². The molecule has 0 aliphatic carbocycles. The second-order valence-electron chi connectivity index (χ2n) is 3.64. The summed E-state index contributed by atoms with van der Waals surface area (Å²) < 4.78 is 13.1. The first-order valence-electron chi connectivity index (χ1n) is 5.02. The van der Waals surface area contributed by atoms with Gasteiger partial charge in [0.2, 0.25) is 0 Å². The summed E-state index contributed by atoms with van der Waals surface area (Å²) in [5.74, 6) is -0.220. The molecule has 0 amide bonds. The van der Waals surface area contributed by atoms with Crippen molar-refractivity contribution in [3.63, 3.8) is 0 Å². The molecule has 0 saturated heterocycles. The van der Waals surface area contributed by atoms with Gasteiger partial charge in [-0.3, -0.25) is 0 Å². The third-order valence-electron chi connectivity index (χ3n) is 2.58. The fraction of sp³-hybridized carbons (Fsp3) is 0. The minimum atomic E-state index is -0.220. The second kappa shape index (κ2) is 3.45. The maximum Gasteiger partial charge on any atom is 0.123 e. The second-order valence-corrected chi connectivity index (χ2v) is 3.64. The van der Waals surface area contributed by atoms with E-state index in [1.54, 1.807) is 12.4 Å². The summed E-state index contributed by atoms with van der Waals surface area (Å²) in [6, 6.07) is 12.4. The molecular formula is C13H9FN2. The van der Waals surface area contributed by atoms with Gasteiger partial charge in [0.1, 0.15) is 5.82 Å². The Labute approximate surface area is 91.8 Å². The first-order valence-corrected chi connectivity index (χ1v) is 5.02. The molecule has 3 rings (SSSR count). The number of halogens is 1. The lowest BCUT2D eigenvalue weighted by Crippen LogP contribution is -1.80. The molecule has 3 heteroatoms. The molecule has 0 unspecified atom stereocenters. The number of hydrogen-bond acceptors (Lipinski definition) is 1. The average molecular weight is 212 g/mol. The largest absolute Gasteiger partial charge is 0.345 e. The van der Waals surface area contributed by atoms with Gasteiger partial charge in [-0.25, -0.2) is 9.37 Å². The smallest absolute Gasteiger partial charge is 0.123 e. The maximum absolute atomic E-state index is 13.1. The number of aromatic nitrogens is 2. The third-order valence-corrected chi connectivity index (χ3v) is 2.58. The van der Waals surface area contributed by atoms with E-state index in [1.807, 2.05) is 24.3 Å². The molecule has 2 aromatic carbocycles. The zero-order valence-corrected chi connectivity index (χ0v) is 8.44. The molecule has 2 nitrogen and oxygen atoms in total. The number of benzene rings is 2. The van der Waals surface area contributed by atoms with Crippen molar-refractivity contribution in [3.8, 4) is 11.1 Å². The molecule has 1 aromatic heterocycles. The maximum atomic E-state index is 13.1. The van der Waals surface area contributed by atoms with E-state index in [0.29, 0.717) is 0 Å². The van der Waals surface area contributed by atoms with Crippen LogP contribution in [0.25, 0.3) is 22.2 Å². The summed E-state index contributed by atoms with van der Waals surface area (Å²) >= 11 is 0. The Balaban J connectivity index is 2.18. The van der Waals surface area contributed by atoms with Gasteiger partial charge in [0.15, 0.2) is 0 Å². The lowest BCUT2D eigenvalue weighted by molar-refractivity contribution is 0.628. The van der Waals surface area contributed by atoms with E-state index >= 15 is 0 Å². The van der Waals surface area contributed by atoms with Gasteiger partial charge in [-0.2, -0.15) is 0 Å². The standard InChI is InChI=1S/C13H9FN2/c14-11-3-1-2-9(6-11)10-4-5-12-13(7-10)16-8-15-12/h1-8H,(H,15,16). The minimum Gasteiger partial charge on any atom is -0.345 e. The number of H-pyrrole nitrogens is 1. The van der Waals surface area contributed by atoms with Crippen LogP contribution in [-0.4, -0.2) is 9.97 Å². The van der Waals surface area contributed by atoms with Gasteiger partial charge in [0.05, 0.1) is 17.4 Å². The summed E-state index contributed by atoms with van der Waals surface area (Å²) in [4.78, 5) is 7.18. The fourth-order valence-corrected chi connectivity index (χ4v) is 1.78. The molecule has 0 spiro atoms. The topological polar surface area (TPSA) is 28.7 Å². The molecule has 78 valence electrons. The zero-order valence-electron chi connectivity index (χ0n) is 8.44. The molecule has 1 heterocycles. The highest BCUT2D eigenvalue weighted by molar-refractivity contribution is 5.81. The molecule has 0 saturated carbocycles. The molecule has 0 fully saturated rings. The van der Waals surface area contributed by atoms with Crippen molar-refractivity contribution in [2.24, 2.45) is 0 Å². The Morgan fingerprint density at radius 2 is 1.88 bits per heavy atom. The van der Waals surface area contributed by atoms with Crippen molar-refractivity contribution in [2.45, 2.75) is 0 Å². The molecular weight excluding hydrogens is 203 g/mol. The molecule has 16 heavy (non-hydrogen) atoms. The van der Waals surface area contributed by atoms with Crippen LogP contribution in [0.2, 0.25) is 0 Å². The lowest BCUT2D eigenvalue weighted by Gasteiger charge is -2.01. The Hall–Kier alpha value is -2.16. The molecule has 1 N–H and O–H groups in total. The summed E-state index contributed by atoms with van der Waals surface area (Å²) in [6.45, 7) is 0. The molecule has 3 aromatic rings. The highest BCUT2D eigenvalue weighted by Gasteiger charge is 2.01. The van der Waals surface area contributed by atoms with Crippen molar-refractivity contribution in [1.29, 1.82) is 0 Å². The number of fused-ring (bicyclic) bond motifs is 1. The van der Waals surface area contributed by atoms with Crippen LogP contribution >= 0.6 is 0 Å². The van der Waals surface area contributed by atoms with E-state index in [-0.39, 0.29) is 5.82 Å². The number of nitrogens with zero attached hydrogens (tertiary/aromatic N) is 1. The van der Waals surface area contributed by atoms with Crippen LogP contribution in [0.1, 0.15) is 0 Å². The first kappa shape index (κ1) is 9.09. The van der Waals surface area contributed by atoms with Crippen LogP contribution in [0.15, 0.2) is 48.8 Å². The van der Waals surface area contributed by atoms with Crippen LogP contribution in [0.3, 0.4) is 0 Å². The Kier molecular flexibility index (Phi) is 1.96. The fourth-order valence-electron chi connectivity index (χ4n) is 1.78. The Morgan fingerprint density at radius 1 is 1.00 bits per heavy atom. The highest BCUT2D eigenvalue weighted by atomic mass is 19.1. The first-order chi connectivity index (χ1) is 7.83. The molecule has 0 atom stereocenters. The quantitative estimate of drug-likeness (QED) is 0.658. The third kappa shape index (κ3) is 1.46. The SMILES string of the molecule is Fc1cccc(-c2ccc3nc[nH]c3c2)c1. The normalized spacial score (nSPS) is 10.8. The van der Waals surface area contributed by atoms with Gasteiger partial charge in [-0.15, -0.1) is 0 Å². The van der Waals surface area contributed by atoms with Gasteiger partial charge in [0.25, 0.3) is 0 Å². The number of hydrogen-bond donors (Lipinski definition) is 1. The summed E-state index contributed by atoms with van der Waals surface area (Å²) in [5.41, 5.74) is 3.73. The van der Waals surface area contributed by atoms with Crippen molar-refractivity contribution in [2.75, 3.05) is 0 Å². The average Bonchev–Trinajstić information content (AvgIpc) is 2.75. The van der Waals surface area contributed by atoms with Crippen LogP contribution in [0.5, 0.6) is 0 Å². The van der Waals surface area contributed by atoms with Crippen LogP contribution in [-0.2, 0) is 0 Å². The van der Waals surface area contributed by atoms with E-state index < -0.39 is 0 Å². The Bertz CT molecular complexity index is 643. The summed E-state index contributed by atoms with van der Waals surface area (Å²) in [7, 11) is 0. The van der Waals surface area contributed by atoms with E-state index in [2.05, 4.69) is 9.97 Å². The zero-order chi connectivity index (χ0) is 11.0. The van der Waals surface area contributed by atoms with E-state index in [4.69, 9.17) is 0 Å². The van der Waals surface area contributed by atoms with Gasteiger partial charge in [-0.1, -0.05) is 18.2 Å². The van der Waals surface area contributed by atoms with Crippen LogP contribution in [0.4, 0.5) is 4.39 Å². The number of nitrogens with one attached hydrogen (secondary N) is 1. The predicted molar refractivity (Wildman–Crippen MR) is 61.5 cm³/mol. The number of aromatic amines is 1. The molecule has 0 aliphatic heterocycles. The lowest BCUT2D eigenvalue weighted by atomic mass is 10.1. The van der Waals surface area contributed by atoms with Crippen molar-refractivity contribution in [1.82, 2.24) is 9.97 Å². The summed E-state index contributed by atoms with van der Waals surface area (Å²) in [5, 5.41) is 0. The monoisotopic (exact) mass is 212 g/mol. The van der Waals surface area contributed by atoms with Gasteiger partial charge < -0.3 is 4.98 Å². The van der Waals surface area contributed by atoms with Gasteiger partial charge >= 0.3 is 0 Å². The highest BCUT2D eigenvalue weighted by Crippen LogP contribution is 2.23. The van der Waals surface area contributed by atoms with E-state index in [1.165, 1.54) is 12.1 Å². The Morgan fingerprint density at radius 3 is 2.75 bits per heavy atom. The molecule has 0 bridgehead atoms. The minimum absolute atomic E-state index is 0.220. The van der Waals surface area contributed by atoms with Crippen molar-refractivity contribution < 1.29 is 4.39 Å². The molecule has 0 radical (unpaired) electrons. The van der Waals surface area contributed by atoms with Crippen LogP contribution < -0.4 is 0 Å². The number of imidazole rings is 1. The van der Waals surface area contributed by atoms with E-state index in [9.17, 15) is 4.39 Å². The van der Waals surface area contributed by atoms with Crippen molar-refractivity contribution in [3.05, 3.63) is 54.6 Å². The molecule has 0 aliphatic rings.